The van der Waals surface area contributed by atoms with Crippen LogP contribution in [-0.4, -0.2) is 41.0 Å². The third kappa shape index (κ3) is 4.06. The highest BCUT2D eigenvalue weighted by molar-refractivity contribution is 7.08. The van der Waals surface area contributed by atoms with Gasteiger partial charge in [0.15, 0.2) is 0 Å². The maximum Gasteiger partial charge on any atom is 0.255 e. The normalized spacial score (nSPS) is 23.7. The summed E-state index contributed by atoms with van der Waals surface area (Å²) in [5.74, 6) is 0.100. The minimum Gasteiger partial charge on any atom is -0.339 e. The quantitative estimate of drug-likeness (QED) is 0.814. The Morgan fingerprint density at radius 1 is 1.19 bits per heavy atom. The zero-order valence-corrected chi connectivity index (χ0v) is 17.4. The fourth-order valence-corrected chi connectivity index (χ4v) is 4.71. The van der Waals surface area contributed by atoms with Crippen molar-refractivity contribution in [3.05, 3.63) is 40.2 Å². The molecule has 2 atom stereocenters. The first-order chi connectivity index (χ1) is 11.6. The number of hydrogen-bond donors (Lipinski definition) is 1. The Balaban J connectivity index is 0.00000121. The predicted octanol–water partition coefficient (Wildman–Crippen LogP) is 4.32. The van der Waals surface area contributed by atoms with Crippen LogP contribution in [0.1, 0.15) is 41.7 Å². The number of thiophene rings is 1. The number of aromatic nitrogens is 1. The Labute approximate surface area is 171 Å². The molecule has 4 nitrogen and oxygen atoms in total. The lowest BCUT2D eigenvalue weighted by Gasteiger charge is -2.35. The summed E-state index contributed by atoms with van der Waals surface area (Å²) < 4.78 is 0. The van der Waals surface area contributed by atoms with Crippen molar-refractivity contribution in [3.63, 3.8) is 0 Å². The van der Waals surface area contributed by atoms with Crippen LogP contribution in [0.25, 0.3) is 11.3 Å². The molecule has 0 saturated carbocycles. The van der Waals surface area contributed by atoms with Gasteiger partial charge in [-0.2, -0.15) is 11.3 Å². The van der Waals surface area contributed by atoms with Gasteiger partial charge < -0.3 is 10.2 Å². The van der Waals surface area contributed by atoms with Crippen LogP contribution in [0.2, 0.25) is 0 Å². The summed E-state index contributed by atoms with van der Waals surface area (Å²) in [5.41, 5.74) is 3.59. The average molecular weight is 414 g/mol. The first kappa shape index (κ1) is 21.2. The number of amides is 1. The zero-order chi connectivity index (χ0) is 16.7. The molecule has 0 aromatic carbocycles. The summed E-state index contributed by atoms with van der Waals surface area (Å²) in [6, 6.07) is 7.47. The van der Waals surface area contributed by atoms with Crippen LogP contribution < -0.4 is 5.32 Å². The minimum atomic E-state index is 0. The molecule has 2 aliphatic heterocycles. The van der Waals surface area contributed by atoms with Crippen molar-refractivity contribution in [2.45, 2.75) is 50.7 Å². The summed E-state index contributed by atoms with van der Waals surface area (Å²) >= 11 is 1.66. The molecule has 2 fully saturated rings. The van der Waals surface area contributed by atoms with Crippen LogP contribution in [0, 0.1) is 6.92 Å². The number of carbonyl (C=O) groups excluding carboxylic acids is 1. The number of rotatable bonds is 3. The van der Waals surface area contributed by atoms with E-state index in [1.54, 1.807) is 11.3 Å². The van der Waals surface area contributed by atoms with Gasteiger partial charge in [0.1, 0.15) is 0 Å². The Kier molecular flexibility index (Phi) is 7.08. The summed E-state index contributed by atoms with van der Waals surface area (Å²) in [6.45, 7) is 1.93. The Morgan fingerprint density at radius 3 is 2.46 bits per heavy atom. The van der Waals surface area contributed by atoms with Crippen LogP contribution in [0.5, 0.6) is 0 Å². The van der Waals surface area contributed by atoms with E-state index in [1.165, 1.54) is 12.8 Å². The lowest BCUT2D eigenvalue weighted by atomic mass is 9.97. The molecule has 1 amide bonds. The van der Waals surface area contributed by atoms with E-state index in [0.717, 1.165) is 35.4 Å². The van der Waals surface area contributed by atoms with Gasteiger partial charge in [-0.05, 0) is 56.2 Å². The smallest absolute Gasteiger partial charge is 0.255 e. The van der Waals surface area contributed by atoms with E-state index in [-0.39, 0.29) is 30.7 Å². The van der Waals surface area contributed by atoms with Crippen molar-refractivity contribution in [1.29, 1.82) is 0 Å². The molecular weight excluding hydrogens is 389 g/mol. The fraction of sp³-hybridized carbons (Fsp3) is 0.474. The molecule has 1 N–H and O–H groups in total. The van der Waals surface area contributed by atoms with E-state index in [2.05, 4.69) is 21.7 Å². The number of nitrogens with zero attached hydrogens (tertiary/aromatic N) is 2. The number of piperidine rings is 1. The molecule has 2 aromatic rings. The number of halogens is 2. The minimum absolute atomic E-state index is 0. The second-order valence-corrected chi connectivity index (χ2v) is 7.80. The molecule has 26 heavy (non-hydrogen) atoms. The molecule has 2 bridgehead atoms. The summed E-state index contributed by atoms with van der Waals surface area (Å²) in [7, 11) is 1.95. The number of carbonyl (C=O) groups is 1. The van der Waals surface area contributed by atoms with Gasteiger partial charge in [0.25, 0.3) is 5.91 Å². The largest absolute Gasteiger partial charge is 0.339 e. The van der Waals surface area contributed by atoms with Crippen molar-refractivity contribution in [3.8, 4) is 11.3 Å². The average Bonchev–Trinajstić information content (AvgIpc) is 3.23. The van der Waals surface area contributed by atoms with Gasteiger partial charge in [-0.3, -0.25) is 9.78 Å². The molecule has 0 spiro atoms. The molecular formula is C19H25Cl2N3OS. The molecule has 4 heterocycles. The maximum atomic E-state index is 13.0. The lowest BCUT2D eigenvalue weighted by molar-refractivity contribution is 0.0680. The van der Waals surface area contributed by atoms with Crippen molar-refractivity contribution in [1.82, 2.24) is 15.2 Å². The SMILES string of the molecule is Cc1nc(-c2ccsc2)ccc1C(=O)N(C)C1CC2CCC(C1)N2.Cl.Cl. The van der Waals surface area contributed by atoms with E-state index in [4.69, 9.17) is 0 Å². The van der Waals surface area contributed by atoms with Gasteiger partial charge in [0, 0.05) is 36.1 Å². The number of hydrogen-bond acceptors (Lipinski definition) is 4. The number of fused-ring (bicyclic) bond motifs is 2. The summed E-state index contributed by atoms with van der Waals surface area (Å²) in [4.78, 5) is 19.6. The van der Waals surface area contributed by atoms with E-state index < -0.39 is 0 Å². The Morgan fingerprint density at radius 2 is 1.88 bits per heavy atom. The number of aryl methyl sites for hydroxylation is 1. The maximum absolute atomic E-state index is 13.0. The third-order valence-corrected chi connectivity index (χ3v) is 6.13. The van der Waals surface area contributed by atoms with Crippen LogP contribution >= 0.6 is 36.2 Å². The van der Waals surface area contributed by atoms with Crippen LogP contribution in [0.3, 0.4) is 0 Å². The Bertz CT molecular complexity index is 741. The molecule has 2 aliphatic rings. The topological polar surface area (TPSA) is 45.2 Å². The molecule has 2 aromatic heterocycles. The molecule has 0 aliphatic carbocycles. The van der Waals surface area contributed by atoms with Crippen molar-refractivity contribution in [2.24, 2.45) is 0 Å². The monoisotopic (exact) mass is 413 g/mol. The van der Waals surface area contributed by atoms with Crippen molar-refractivity contribution >= 4 is 42.1 Å². The van der Waals surface area contributed by atoms with Crippen molar-refractivity contribution in [2.75, 3.05) is 7.05 Å². The highest BCUT2D eigenvalue weighted by atomic mass is 35.5. The molecule has 2 unspecified atom stereocenters. The van der Waals surface area contributed by atoms with Gasteiger partial charge in [0.05, 0.1) is 17.0 Å². The predicted molar refractivity (Wildman–Crippen MR) is 112 cm³/mol. The molecule has 2 saturated heterocycles. The van der Waals surface area contributed by atoms with E-state index in [0.29, 0.717) is 18.1 Å². The van der Waals surface area contributed by atoms with Gasteiger partial charge in [-0.15, -0.1) is 24.8 Å². The van der Waals surface area contributed by atoms with Crippen LogP contribution in [0.15, 0.2) is 29.0 Å². The third-order valence-electron chi connectivity index (χ3n) is 5.45. The first-order valence-corrected chi connectivity index (χ1v) is 9.59. The van der Waals surface area contributed by atoms with Crippen LogP contribution in [-0.2, 0) is 0 Å². The molecule has 0 radical (unpaired) electrons. The summed E-state index contributed by atoms with van der Waals surface area (Å²) in [6.07, 6.45) is 4.63. The lowest BCUT2D eigenvalue weighted by Crippen LogP contribution is -2.48. The highest BCUT2D eigenvalue weighted by Crippen LogP contribution is 2.30. The van der Waals surface area contributed by atoms with Gasteiger partial charge >= 0.3 is 0 Å². The first-order valence-electron chi connectivity index (χ1n) is 8.65. The number of nitrogens with one attached hydrogen (secondary N) is 1. The van der Waals surface area contributed by atoms with Crippen molar-refractivity contribution < 1.29 is 4.79 Å². The highest BCUT2D eigenvalue weighted by Gasteiger charge is 2.36. The number of pyridine rings is 1. The fourth-order valence-electron chi connectivity index (χ4n) is 4.06. The second kappa shape index (κ2) is 8.70. The molecule has 7 heteroatoms. The van der Waals surface area contributed by atoms with E-state index in [9.17, 15) is 4.79 Å². The summed E-state index contributed by atoms with van der Waals surface area (Å²) in [5, 5.41) is 7.77. The van der Waals surface area contributed by atoms with Crippen LogP contribution in [0.4, 0.5) is 0 Å². The van der Waals surface area contributed by atoms with E-state index in [1.807, 2.05) is 36.4 Å². The van der Waals surface area contributed by atoms with Gasteiger partial charge in [-0.25, -0.2) is 0 Å². The van der Waals surface area contributed by atoms with E-state index >= 15 is 0 Å². The molecule has 4 rings (SSSR count). The Hall–Kier alpha value is -1.14. The molecule has 142 valence electrons. The van der Waals surface area contributed by atoms with Gasteiger partial charge in [0.2, 0.25) is 0 Å². The zero-order valence-electron chi connectivity index (χ0n) is 15.0. The van der Waals surface area contributed by atoms with Gasteiger partial charge in [-0.1, -0.05) is 0 Å². The standard InChI is InChI=1S/C19H23N3OS.2ClH/c1-12-17(5-6-18(20-12)13-7-8-24-11-13)19(23)22(2)16-9-14-3-4-15(10-16)21-14;;/h5-8,11,14-16,21H,3-4,9-10H2,1-2H3;2*1H. The second-order valence-electron chi connectivity index (χ2n) is 7.02.